The zero-order valence-corrected chi connectivity index (χ0v) is 19.7. The predicted octanol–water partition coefficient (Wildman–Crippen LogP) is 3.96. The Bertz CT molecular complexity index is 1390. The fourth-order valence-electron chi connectivity index (χ4n) is 4.17. The number of nitrogens with zero attached hydrogens (tertiary/aromatic N) is 2. The zero-order valence-electron chi connectivity index (χ0n) is 18.9. The number of β-amino-alcohol motifs (C(OH)–C–C–N with tert-alkyl or cyclic N) is 1. The highest BCUT2D eigenvalue weighted by Gasteiger charge is 2.21. The second-order valence-electron chi connectivity index (χ2n) is 8.58. The molecule has 0 aliphatic carbocycles. The molecule has 1 fully saturated rings. The van der Waals surface area contributed by atoms with Crippen molar-refractivity contribution in [1.82, 2.24) is 9.88 Å². The van der Waals surface area contributed by atoms with E-state index < -0.39 is 5.91 Å². The molecule has 8 nitrogen and oxygen atoms in total. The Kier molecular flexibility index (Phi) is 6.45. The van der Waals surface area contributed by atoms with Crippen LogP contribution < -0.4 is 16.4 Å². The van der Waals surface area contributed by atoms with E-state index in [1.807, 2.05) is 54.6 Å². The minimum Gasteiger partial charge on any atom is -0.392 e. The number of anilines is 3. The molecule has 178 valence electrons. The topological polar surface area (TPSA) is 121 Å². The second kappa shape index (κ2) is 9.83. The molecule has 0 radical (unpaired) electrons. The average Bonchev–Trinajstić information content (AvgIpc) is 3.45. The van der Waals surface area contributed by atoms with Crippen molar-refractivity contribution < 1.29 is 14.7 Å². The van der Waals surface area contributed by atoms with Crippen molar-refractivity contribution in [2.75, 3.05) is 23.7 Å². The number of aliphatic hydroxyl groups excluding tert-OH is 1. The largest absolute Gasteiger partial charge is 0.392 e. The van der Waals surface area contributed by atoms with Gasteiger partial charge in [0.15, 0.2) is 10.8 Å². The summed E-state index contributed by atoms with van der Waals surface area (Å²) in [4.78, 5) is 31.3. The minimum absolute atomic E-state index is 0.0100. The van der Waals surface area contributed by atoms with Crippen molar-refractivity contribution >= 4 is 49.7 Å². The first kappa shape index (κ1) is 23.0. The summed E-state index contributed by atoms with van der Waals surface area (Å²) in [5.41, 5.74) is 7.87. The van der Waals surface area contributed by atoms with E-state index in [4.69, 9.17) is 5.73 Å². The Balaban J connectivity index is 1.29. The van der Waals surface area contributed by atoms with Crippen molar-refractivity contribution in [3.05, 3.63) is 83.6 Å². The average molecular weight is 488 g/mol. The van der Waals surface area contributed by atoms with E-state index in [0.29, 0.717) is 22.2 Å². The van der Waals surface area contributed by atoms with Crippen LogP contribution in [0, 0.1) is 0 Å². The molecule has 2 amide bonds. The van der Waals surface area contributed by atoms with Crippen LogP contribution in [0.5, 0.6) is 0 Å². The SMILES string of the molecule is NC(=O)c1nc(Nc2ccc3ccccc3c2)sc1NC(=O)c1ccc(CN2CC[C@@H](O)C2)cc1. The summed E-state index contributed by atoms with van der Waals surface area (Å²) in [5, 5.41) is 18.6. The van der Waals surface area contributed by atoms with Crippen molar-refractivity contribution in [3.8, 4) is 0 Å². The summed E-state index contributed by atoms with van der Waals surface area (Å²) in [7, 11) is 0. The van der Waals surface area contributed by atoms with Crippen LogP contribution in [0.15, 0.2) is 66.7 Å². The molecular formula is C26H25N5O3S. The van der Waals surface area contributed by atoms with Gasteiger partial charge in [-0.3, -0.25) is 14.5 Å². The number of nitrogens with two attached hydrogens (primary N) is 1. The molecule has 0 unspecified atom stereocenters. The van der Waals surface area contributed by atoms with Crippen LogP contribution in [0.1, 0.15) is 32.8 Å². The number of amides is 2. The van der Waals surface area contributed by atoms with Gasteiger partial charge in [-0.15, -0.1) is 0 Å². The van der Waals surface area contributed by atoms with Crippen molar-refractivity contribution in [1.29, 1.82) is 0 Å². The van der Waals surface area contributed by atoms with Crippen LogP contribution in [0.2, 0.25) is 0 Å². The lowest BCUT2D eigenvalue weighted by Crippen LogP contribution is -2.21. The molecule has 0 saturated carbocycles. The highest BCUT2D eigenvalue weighted by atomic mass is 32.1. The van der Waals surface area contributed by atoms with Gasteiger partial charge in [-0.2, -0.15) is 0 Å². The molecule has 1 aliphatic heterocycles. The first-order valence-corrected chi connectivity index (χ1v) is 12.1. The number of likely N-dealkylation sites (tertiary alicyclic amines) is 1. The van der Waals surface area contributed by atoms with Gasteiger partial charge in [0, 0.05) is 30.9 Å². The first-order chi connectivity index (χ1) is 16.9. The number of thiazole rings is 1. The van der Waals surface area contributed by atoms with Gasteiger partial charge in [-0.25, -0.2) is 4.98 Å². The third kappa shape index (κ3) is 5.32. The summed E-state index contributed by atoms with van der Waals surface area (Å²) in [6, 6.07) is 21.2. The molecule has 9 heteroatoms. The van der Waals surface area contributed by atoms with E-state index in [-0.39, 0.29) is 17.7 Å². The van der Waals surface area contributed by atoms with E-state index in [1.54, 1.807) is 12.1 Å². The molecule has 35 heavy (non-hydrogen) atoms. The summed E-state index contributed by atoms with van der Waals surface area (Å²) in [6.07, 6.45) is 0.523. The van der Waals surface area contributed by atoms with Crippen molar-refractivity contribution in [2.45, 2.75) is 19.1 Å². The lowest BCUT2D eigenvalue weighted by atomic mass is 10.1. The van der Waals surface area contributed by atoms with Gasteiger partial charge in [-0.05, 0) is 47.0 Å². The molecule has 1 aromatic heterocycles. The van der Waals surface area contributed by atoms with Gasteiger partial charge in [0.25, 0.3) is 11.8 Å². The number of fused-ring (bicyclic) bond motifs is 1. The highest BCUT2D eigenvalue weighted by molar-refractivity contribution is 7.20. The van der Waals surface area contributed by atoms with Crippen LogP contribution in [-0.2, 0) is 6.54 Å². The minimum atomic E-state index is -0.716. The maximum absolute atomic E-state index is 12.9. The van der Waals surface area contributed by atoms with E-state index >= 15 is 0 Å². The number of hydrogen-bond acceptors (Lipinski definition) is 7. The second-order valence-corrected chi connectivity index (χ2v) is 9.58. The molecule has 5 N–H and O–H groups in total. The molecule has 0 spiro atoms. The maximum atomic E-state index is 12.9. The van der Waals surface area contributed by atoms with E-state index in [1.165, 1.54) is 0 Å². The van der Waals surface area contributed by atoms with Gasteiger partial charge in [0.1, 0.15) is 5.00 Å². The molecule has 1 aliphatic rings. The van der Waals surface area contributed by atoms with Crippen LogP contribution in [0.4, 0.5) is 15.8 Å². The molecule has 3 aromatic carbocycles. The Morgan fingerprint density at radius 2 is 1.86 bits per heavy atom. The monoisotopic (exact) mass is 487 g/mol. The van der Waals surface area contributed by atoms with Crippen LogP contribution >= 0.6 is 11.3 Å². The summed E-state index contributed by atoms with van der Waals surface area (Å²) in [5.74, 6) is -1.07. The van der Waals surface area contributed by atoms with Crippen LogP contribution in [0.3, 0.4) is 0 Å². The van der Waals surface area contributed by atoms with E-state index in [2.05, 4.69) is 20.5 Å². The number of rotatable bonds is 7. The standard InChI is InChI=1S/C26H25N5O3S/c27-23(33)22-25(35-26(29-22)28-20-10-9-17-3-1-2-4-19(17)13-20)30-24(34)18-7-5-16(6-8-18)14-31-12-11-21(32)15-31/h1-10,13,21,32H,11-12,14-15H2,(H2,27,33)(H,28,29)(H,30,34)/t21-/m1/s1. The Labute approximate surface area is 206 Å². The Hall–Kier alpha value is -3.79. The number of primary amides is 1. The fraction of sp³-hybridized carbons (Fsp3) is 0.192. The highest BCUT2D eigenvalue weighted by Crippen LogP contribution is 2.32. The molecule has 2 heterocycles. The Morgan fingerprint density at radius 1 is 1.09 bits per heavy atom. The lowest BCUT2D eigenvalue weighted by molar-refractivity contribution is 0.0997. The van der Waals surface area contributed by atoms with Gasteiger partial charge in [0.2, 0.25) is 0 Å². The van der Waals surface area contributed by atoms with Gasteiger partial charge in [-0.1, -0.05) is 53.8 Å². The smallest absolute Gasteiger partial charge is 0.270 e. The van der Waals surface area contributed by atoms with E-state index in [0.717, 1.165) is 52.9 Å². The molecule has 1 saturated heterocycles. The normalized spacial score (nSPS) is 15.9. The van der Waals surface area contributed by atoms with Gasteiger partial charge >= 0.3 is 0 Å². The fourth-order valence-corrected chi connectivity index (χ4v) is 5.05. The molecule has 4 aromatic rings. The van der Waals surface area contributed by atoms with E-state index in [9.17, 15) is 14.7 Å². The molecular weight excluding hydrogens is 462 g/mol. The number of carbonyl (C=O) groups is 2. The van der Waals surface area contributed by atoms with Crippen LogP contribution in [-0.4, -0.2) is 46.0 Å². The van der Waals surface area contributed by atoms with Gasteiger partial charge < -0.3 is 21.5 Å². The number of nitrogens with one attached hydrogen (secondary N) is 2. The lowest BCUT2D eigenvalue weighted by Gasteiger charge is -2.15. The van der Waals surface area contributed by atoms with Gasteiger partial charge in [0.05, 0.1) is 6.10 Å². The van der Waals surface area contributed by atoms with Crippen LogP contribution in [0.25, 0.3) is 10.8 Å². The maximum Gasteiger partial charge on any atom is 0.270 e. The molecule has 1 atom stereocenters. The summed E-state index contributed by atoms with van der Waals surface area (Å²) >= 11 is 1.15. The number of aromatic nitrogens is 1. The number of benzene rings is 3. The quantitative estimate of drug-likeness (QED) is 0.313. The molecule has 0 bridgehead atoms. The first-order valence-electron chi connectivity index (χ1n) is 11.3. The van der Waals surface area contributed by atoms with Crippen molar-refractivity contribution in [2.24, 2.45) is 5.73 Å². The summed E-state index contributed by atoms with van der Waals surface area (Å²) in [6.45, 7) is 2.25. The number of aliphatic hydroxyl groups is 1. The third-order valence-corrected chi connectivity index (χ3v) is 6.84. The predicted molar refractivity (Wildman–Crippen MR) is 138 cm³/mol. The third-order valence-electron chi connectivity index (χ3n) is 5.96. The summed E-state index contributed by atoms with van der Waals surface area (Å²) < 4.78 is 0. The number of carbonyl (C=O) groups excluding carboxylic acids is 2. The Morgan fingerprint density at radius 3 is 2.57 bits per heavy atom. The van der Waals surface area contributed by atoms with Crippen molar-refractivity contribution in [3.63, 3.8) is 0 Å². The molecule has 5 rings (SSSR count). The number of hydrogen-bond donors (Lipinski definition) is 4. The zero-order chi connectivity index (χ0) is 24.4.